The molecular formula is C16H22BrN5O2. The van der Waals surface area contributed by atoms with Gasteiger partial charge in [-0.05, 0) is 55.3 Å². The summed E-state index contributed by atoms with van der Waals surface area (Å²) in [5.74, 6) is 0.442. The van der Waals surface area contributed by atoms with E-state index in [0.29, 0.717) is 5.82 Å². The summed E-state index contributed by atoms with van der Waals surface area (Å²) in [5.41, 5.74) is 12.3. The van der Waals surface area contributed by atoms with E-state index in [2.05, 4.69) is 35.6 Å². The van der Waals surface area contributed by atoms with Crippen molar-refractivity contribution in [3.8, 4) is 11.4 Å². The maximum atomic E-state index is 10.0. The van der Waals surface area contributed by atoms with E-state index in [1.807, 2.05) is 19.1 Å². The summed E-state index contributed by atoms with van der Waals surface area (Å²) in [4.78, 5) is 22.8. The molecule has 0 radical (unpaired) electrons. The number of nitrogens with two attached hydrogens (primary N) is 2. The highest BCUT2D eigenvalue weighted by Gasteiger charge is 2.12. The smallest absolute Gasteiger partial charge is 0.405 e. The first-order chi connectivity index (χ1) is 11.1. The Morgan fingerprint density at radius 1 is 1.25 bits per heavy atom. The van der Waals surface area contributed by atoms with Crippen molar-refractivity contribution in [1.82, 2.24) is 15.0 Å². The molecule has 130 valence electrons. The summed E-state index contributed by atoms with van der Waals surface area (Å²) in [6.45, 7) is 7.30. The molecule has 0 unspecified atom stereocenters. The lowest BCUT2D eigenvalue weighted by Crippen LogP contribution is -2.27. The van der Waals surface area contributed by atoms with E-state index in [1.54, 1.807) is 33.2 Å². The normalized spacial score (nSPS) is 10.5. The number of rotatable bonds is 2. The van der Waals surface area contributed by atoms with Gasteiger partial charge in [-0.15, -0.1) is 0 Å². The van der Waals surface area contributed by atoms with Crippen LogP contribution in [0.1, 0.15) is 33.4 Å². The van der Waals surface area contributed by atoms with Crippen LogP contribution in [0, 0.1) is 0 Å². The average Bonchev–Trinajstić information content (AvgIpc) is 2.46. The minimum absolute atomic E-state index is 0.442. The summed E-state index contributed by atoms with van der Waals surface area (Å²) < 4.78 is 5.52. The van der Waals surface area contributed by atoms with Crippen LogP contribution in [-0.4, -0.2) is 26.6 Å². The van der Waals surface area contributed by atoms with Crippen LogP contribution in [0.3, 0.4) is 0 Å². The van der Waals surface area contributed by atoms with Gasteiger partial charge in [0.1, 0.15) is 17.1 Å². The van der Waals surface area contributed by atoms with Gasteiger partial charge in [0.25, 0.3) is 0 Å². The van der Waals surface area contributed by atoms with Gasteiger partial charge in [-0.2, -0.15) is 0 Å². The third kappa shape index (κ3) is 6.91. The van der Waals surface area contributed by atoms with E-state index in [1.165, 1.54) is 0 Å². The molecule has 0 saturated heterocycles. The zero-order chi connectivity index (χ0) is 18.3. The fourth-order valence-corrected chi connectivity index (χ4v) is 1.96. The van der Waals surface area contributed by atoms with Crippen LogP contribution in [-0.2, 0) is 11.2 Å². The van der Waals surface area contributed by atoms with Crippen molar-refractivity contribution in [2.45, 2.75) is 39.7 Å². The number of aromatic nitrogens is 3. The molecule has 2 heterocycles. The molecule has 0 aliphatic heterocycles. The van der Waals surface area contributed by atoms with E-state index >= 15 is 0 Å². The molecule has 0 spiro atoms. The quantitative estimate of drug-likeness (QED) is 0.804. The molecule has 7 nitrogen and oxygen atoms in total. The molecule has 2 aromatic rings. The van der Waals surface area contributed by atoms with Crippen LogP contribution >= 0.6 is 15.9 Å². The highest BCUT2D eigenvalue weighted by atomic mass is 79.9. The fraction of sp³-hybridized carbons (Fsp3) is 0.375. The monoisotopic (exact) mass is 395 g/mol. The van der Waals surface area contributed by atoms with Crippen molar-refractivity contribution in [3.63, 3.8) is 0 Å². The molecule has 4 N–H and O–H groups in total. The molecule has 0 aliphatic rings. The Morgan fingerprint density at radius 2 is 1.92 bits per heavy atom. The first kappa shape index (κ1) is 19.8. The molecule has 2 aromatic heterocycles. The van der Waals surface area contributed by atoms with Gasteiger partial charge >= 0.3 is 6.09 Å². The van der Waals surface area contributed by atoms with Crippen molar-refractivity contribution >= 4 is 27.8 Å². The number of pyridine rings is 1. The van der Waals surface area contributed by atoms with E-state index < -0.39 is 11.7 Å². The standard InChI is InChI=1S/C11H11BrN4.C5H11NO2/c1-2-8-11(15-6-10(13)16-8)9-4-3-7(12)5-14-9;1-5(2,3)8-4(6)7/h3-6H,2H2,1H3,(H2,13,16);1-3H3,(H2,6,7). The molecule has 0 aromatic carbocycles. The molecule has 0 bridgehead atoms. The molecule has 24 heavy (non-hydrogen) atoms. The van der Waals surface area contributed by atoms with Gasteiger partial charge in [0, 0.05) is 10.7 Å². The van der Waals surface area contributed by atoms with E-state index in [-0.39, 0.29) is 0 Å². The van der Waals surface area contributed by atoms with Gasteiger partial charge in [-0.1, -0.05) is 6.92 Å². The van der Waals surface area contributed by atoms with Crippen molar-refractivity contribution in [2.75, 3.05) is 5.73 Å². The van der Waals surface area contributed by atoms with Crippen LogP contribution in [0.5, 0.6) is 0 Å². The van der Waals surface area contributed by atoms with Gasteiger partial charge < -0.3 is 16.2 Å². The number of nitrogens with zero attached hydrogens (tertiary/aromatic N) is 3. The minimum atomic E-state index is -0.725. The number of aryl methyl sites for hydroxylation is 1. The second-order valence-corrected chi connectivity index (χ2v) is 6.75. The summed E-state index contributed by atoms with van der Waals surface area (Å²) in [5, 5.41) is 0. The van der Waals surface area contributed by atoms with E-state index in [0.717, 1.165) is 28.0 Å². The SMILES string of the molecule is CC(C)(C)OC(N)=O.CCc1nc(N)cnc1-c1ccc(Br)cn1. The summed E-state index contributed by atoms with van der Waals surface area (Å²) >= 11 is 3.35. The van der Waals surface area contributed by atoms with Gasteiger partial charge in [-0.3, -0.25) is 4.98 Å². The highest BCUT2D eigenvalue weighted by Crippen LogP contribution is 2.20. The Labute approximate surface area is 150 Å². The van der Waals surface area contributed by atoms with Gasteiger partial charge in [-0.25, -0.2) is 14.8 Å². The van der Waals surface area contributed by atoms with Crippen LogP contribution in [0.25, 0.3) is 11.4 Å². The molecule has 0 fully saturated rings. The summed E-state index contributed by atoms with van der Waals surface area (Å²) in [6, 6.07) is 3.84. The molecular weight excluding hydrogens is 374 g/mol. The second-order valence-electron chi connectivity index (χ2n) is 5.84. The fourth-order valence-electron chi connectivity index (χ4n) is 1.72. The Hall–Kier alpha value is -2.22. The number of carbonyl (C=O) groups excluding carboxylic acids is 1. The maximum Gasteiger partial charge on any atom is 0.405 e. The highest BCUT2D eigenvalue weighted by molar-refractivity contribution is 9.10. The predicted octanol–water partition coefficient (Wildman–Crippen LogP) is 3.33. The second kappa shape index (κ2) is 8.58. The molecule has 0 saturated carbocycles. The first-order valence-corrected chi connectivity index (χ1v) is 8.13. The third-order valence-electron chi connectivity index (χ3n) is 2.58. The third-order valence-corrected chi connectivity index (χ3v) is 3.04. The first-order valence-electron chi connectivity index (χ1n) is 7.34. The number of ether oxygens (including phenoxy) is 1. The van der Waals surface area contributed by atoms with Crippen molar-refractivity contribution < 1.29 is 9.53 Å². The zero-order valence-corrected chi connectivity index (χ0v) is 15.8. The topological polar surface area (TPSA) is 117 Å². The van der Waals surface area contributed by atoms with Crippen molar-refractivity contribution in [2.24, 2.45) is 5.73 Å². The zero-order valence-electron chi connectivity index (χ0n) is 14.2. The molecule has 8 heteroatoms. The number of hydrogen-bond donors (Lipinski definition) is 2. The van der Waals surface area contributed by atoms with Gasteiger partial charge in [0.2, 0.25) is 0 Å². The van der Waals surface area contributed by atoms with Crippen molar-refractivity contribution in [3.05, 3.63) is 34.7 Å². The van der Waals surface area contributed by atoms with Gasteiger partial charge in [0.05, 0.1) is 17.6 Å². The Morgan fingerprint density at radius 3 is 2.33 bits per heavy atom. The number of amides is 1. The summed E-state index contributed by atoms with van der Waals surface area (Å²) in [7, 11) is 0. The number of nitrogen functional groups attached to an aromatic ring is 1. The Bertz CT molecular complexity index is 684. The number of carbonyl (C=O) groups is 1. The lowest BCUT2D eigenvalue weighted by Gasteiger charge is -2.16. The number of anilines is 1. The molecule has 0 aliphatic carbocycles. The van der Waals surface area contributed by atoms with Crippen LogP contribution < -0.4 is 11.5 Å². The Balaban J connectivity index is 0.000000307. The Kier molecular flexibility index (Phi) is 7.09. The van der Waals surface area contributed by atoms with Crippen LogP contribution in [0.4, 0.5) is 10.6 Å². The molecule has 1 amide bonds. The number of halogens is 1. The number of primary amides is 1. The predicted molar refractivity (Wildman–Crippen MR) is 97.2 cm³/mol. The molecule has 0 atom stereocenters. The van der Waals surface area contributed by atoms with Crippen molar-refractivity contribution in [1.29, 1.82) is 0 Å². The maximum absolute atomic E-state index is 10.0. The van der Waals surface area contributed by atoms with E-state index in [4.69, 9.17) is 11.5 Å². The average molecular weight is 396 g/mol. The van der Waals surface area contributed by atoms with Crippen LogP contribution in [0.2, 0.25) is 0 Å². The minimum Gasteiger partial charge on any atom is -0.444 e. The molecule has 2 rings (SSSR count). The lowest BCUT2D eigenvalue weighted by molar-refractivity contribution is 0.0600. The van der Waals surface area contributed by atoms with E-state index in [9.17, 15) is 4.79 Å². The number of hydrogen-bond acceptors (Lipinski definition) is 6. The largest absolute Gasteiger partial charge is 0.444 e. The lowest BCUT2D eigenvalue weighted by atomic mass is 10.2. The van der Waals surface area contributed by atoms with Crippen LogP contribution in [0.15, 0.2) is 29.0 Å². The summed E-state index contributed by atoms with van der Waals surface area (Å²) in [6.07, 6.45) is 3.35. The van der Waals surface area contributed by atoms with Gasteiger partial charge in [0.15, 0.2) is 0 Å².